The van der Waals surface area contributed by atoms with Crippen molar-refractivity contribution >= 4 is 23.5 Å². The minimum atomic E-state index is -0.0723. The Morgan fingerprint density at radius 2 is 1.29 bits per heavy atom. The van der Waals surface area contributed by atoms with Crippen molar-refractivity contribution in [3.05, 3.63) is 35.7 Å². The maximum Gasteiger partial charge on any atom is 0.225 e. The number of anilines is 2. The first-order valence-corrected chi connectivity index (χ1v) is 9.86. The highest BCUT2D eigenvalue weighted by molar-refractivity contribution is 5.89. The van der Waals surface area contributed by atoms with Crippen LogP contribution >= 0.6 is 0 Å². The highest BCUT2D eigenvalue weighted by Gasteiger charge is 2.26. The summed E-state index contributed by atoms with van der Waals surface area (Å²) in [5.41, 5.74) is 1.89. The summed E-state index contributed by atoms with van der Waals surface area (Å²) in [6.45, 7) is 3.60. The van der Waals surface area contributed by atoms with E-state index in [9.17, 15) is 9.59 Å². The van der Waals surface area contributed by atoms with E-state index in [-0.39, 0.29) is 11.8 Å². The summed E-state index contributed by atoms with van der Waals surface area (Å²) in [6, 6.07) is 7.51. The van der Waals surface area contributed by atoms with Gasteiger partial charge in [-0.1, -0.05) is 20.3 Å². The molecule has 1 fully saturated rings. The molecule has 1 aliphatic rings. The Hall–Kier alpha value is -2.90. The number of hydrogen-bond donors (Lipinski definition) is 2. The predicted molar refractivity (Wildman–Crippen MR) is 106 cm³/mol. The van der Waals surface area contributed by atoms with E-state index in [1.54, 1.807) is 13.8 Å². The second-order valence-corrected chi connectivity index (χ2v) is 7.05. The molecule has 2 heterocycles. The van der Waals surface area contributed by atoms with Crippen molar-refractivity contribution in [2.24, 2.45) is 0 Å². The van der Waals surface area contributed by atoms with Gasteiger partial charge in [0.15, 0.2) is 11.6 Å². The molecule has 2 atom stereocenters. The van der Waals surface area contributed by atoms with Crippen LogP contribution in [0.25, 0.3) is 0 Å². The van der Waals surface area contributed by atoms with Crippen LogP contribution in [0.3, 0.4) is 0 Å². The lowest BCUT2D eigenvalue weighted by Gasteiger charge is -2.28. The third kappa shape index (κ3) is 5.09. The van der Waals surface area contributed by atoms with Crippen molar-refractivity contribution in [1.29, 1.82) is 0 Å². The Kier molecular flexibility index (Phi) is 6.62. The van der Waals surface area contributed by atoms with Gasteiger partial charge in [0.2, 0.25) is 11.8 Å². The van der Waals surface area contributed by atoms with Gasteiger partial charge < -0.3 is 10.6 Å². The largest absolute Gasteiger partial charge is 0.309 e. The lowest BCUT2D eigenvalue weighted by Crippen LogP contribution is -2.17. The fourth-order valence-electron chi connectivity index (χ4n) is 3.44. The smallest absolute Gasteiger partial charge is 0.225 e. The third-order valence-electron chi connectivity index (χ3n) is 5.06. The third-order valence-corrected chi connectivity index (χ3v) is 5.06. The maximum absolute atomic E-state index is 11.5. The van der Waals surface area contributed by atoms with Gasteiger partial charge in [-0.15, -0.1) is 10.2 Å². The van der Waals surface area contributed by atoms with E-state index in [4.69, 9.17) is 0 Å². The molecule has 0 aromatic carbocycles. The predicted octanol–water partition coefficient (Wildman–Crippen LogP) is 3.41. The van der Waals surface area contributed by atoms with E-state index < -0.39 is 0 Å². The summed E-state index contributed by atoms with van der Waals surface area (Å²) in [5, 5.41) is 22.4. The number of amides is 2. The van der Waals surface area contributed by atoms with Crippen LogP contribution in [0.4, 0.5) is 11.6 Å². The molecule has 0 bridgehead atoms. The number of carbonyl (C=O) groups excluding carboxylic acids is 2. The first kappa shape index (κ1) is 19.9. The molecule has 2 amide bonds. The lowest BCUT2D eigenvalue weighted by atomic mass is 9.78. The van der Waals surface area contributed by atoms with Gasteiger partial charge in [0, 0.05) is 24.7 Å². The van der Waals surface area contributed by atoms with Gasteiger partial charge in [-0.05, 0) is 43.5 Å². The van der Waals surface area contributed by atoms with Gasteiger partial charge in [0.1, 0.15) is 0 Å². The molecule has 8 nitrogen and oxygen atoms in total. The van der Waals surface area contributed by atoms with Crippen LogP contribution in [-0.2, 0) is 9.59 Å². The van der Waals surface area contributed by atoms with Crippen LogP contribution in [0.1, 0.15) is 75.6 Å². The summed E-state index contributed by atoms with van der Waals surface area (Å²) in [6.07, 6.45) is 4.96. The second kappa shape index (κ2) is 9.34. The molecule has 0 radical (unpaired) electrons. The molecule has 0 aliphatic heterocycles. The van der Waals surface area contributed by atoms with Crippen LogP contribution in [0, 0.1) is 0 Å². The summed E-state index contributed by atoms with van der Waals surface area (Å²) in [5.74, 6) is 1.44. The molecular weight excluding hydrogens is 356 g/mol. The molecule has 0 unspecified atom stereocenters. The Morgan fingerprint density at radius 3 is 1.64 bits per heavy atom. The molecule has 3 rings (SSSR count). The van der Waals surface area contributed by atoms with Gasteiger partial charge in [-0.3, -0.25) is 9.59 Å². The zero-order chi connectivity index (χ0) is 19.9. The molecule has 0 spiro atoms. The first-order valence-electron chi connectivity index (χ1n) is 9.86. The standard InChI is InChI=1S/C20H26N6O2/c1-3-19(27)21-17-10-8-15(23-25-17)13-6-5-7-14(12-13)16-9-11-18(26-24-16)22-20(28)4-2/h8-11,13-14H,3-7,12H2,1-2H3,(H,21,25,27)(H,22,26,28)/t13-,14+. The van der Waals surface area contributed by atoms with Crippen molar-refractivity contribution < 1.29 is 9.59 Å². The van der Waals surface area contributed by atoms with Crippen LogP contribution in [0.5, 0.6) is 0 Å². The molecule has 148 valence electrons. The fraction of sp³-hybridized carbons (Fsp3) is 0.500. The van der Waals surface area contributed by atoms with Crippen molar-refractivity contribution in [3.8, 4) is 0 Å². The SMILES string of the molecule is CCC(=O)Nc1ccc([C@@H]2CCC[C@H](c3ccc(NC(=O)CC)nn3)C2)nn1. The van der Waals surface area contributed by atoms with Crippen LogP contribution in [-0.4, -0.2) is 32.2 Å². The van der Waals surface area contributed by atoms with E-state index in [1.807, 2.05) is 24.3 Å². The average molecular weight is 382 g/mol. The summed E-state index contributed by atoms with van der Waals surface area (Å²) >= 11 is 0. The minimum absolute atomic E-state index is 0.0723. The lowest BCUT2D eigenvalue weighted by molar-refractivity contribution is -0.116. The fourth-order valence-corrected chi connectivity index (χ4v) is 3.44. The molecule has 1 aliphatic carbocycles. The van der Waals surface area contributed by atoms with Gasteiger partial charge in [-0.2, -0.15) is 10.2 Å². The normalized spacial score (nSPS) is 19.1. The molecule has 2 N–H and O–H groups in total. The Balaban J connectivity index is 1.63. The monoisotopic (exact) mass is 382 g/mol. The summed E-state index contributed by atoms with van der Waals surface area (Å²) in [4.78, 5) is 22.9. The molecule has 2 aromatic heterocycles. The van der Waals surface area contributed by atoms with Crippen molar-refractivity contribution in [2.45, 2.75) is 64.2 Å². The van der Waals surface area contributed by atoms with E-state index in [2.05, 4.69) is 31.0 Å². The highest BCUT2D eigenvalue weighted by Crippen LogP contribution is 2.39. The quantitative estimate of drug-likeness (QED) is 0.792. The zero-order valence-corrected chi connectivity index (χ0v) is 16.3. The topological polar surface area (TPSA) is 110 Å². The van der Waals surface area contributed by atoms with Crippen LogP contribution in [0.15, 0.2) is 24.3 Å². The van der Waals surface area contributed by atoms with Crippen LogP contribution < -0.4 is 10.6 Å². The number of nitrogens with zero attached hydrogens (tertiary/aromatic N) is 4. The van der Waals surface area contributed by atoms with Gasteiger partial charge in [0.25, 0.3) is 0 Å². The molecule has 8 heteroatoms. The Bertz CT molecular complexity index is 739. The number of nitrogens with one attached hydrogen (secondary N) is 2. The summed E-state index contributed by atoms with van der Waals surface area (Å²) < 4.78 is 0. The van der Waals surface area contributed by atoms with E-state index >= 15 is 0 Å². The van der Waals surface area contributed by atoms with Crippen molar-refractivity contribution in [2.75, 3.05) is 10.6 Å². The second-order valence-electron chi connectivity index (χ2n) is 7.05. The number of aromatic nitrogens is 4. The van der Waals surface area contributed by atoms with Crippen molar-refractivity contribution in [3.63, 3.8) is 0 Å². The number of hydrogen-bond acceptors (Lipinski definition) is 6. The number of carbonyl (C=O) groups is 2. The highest BCUT2D eigenvalue weighted by atomic mass is 16.2. The van der Waals surface area contributed by atoms with E-state index in [0.29, 0.717) is 36.3 Å². The molecule has 1 saturated carbocycles. The first-order chi connectivity index (χ1) is 13.6. The van der Waals surface area contributed by atoms with E-state index in [1.165, 1.54) is 0 Å². The van der Waals surface area contributed by atoms with E-state index in [0.717, 1.165) is 37.1 Å². The van der Waals surface area contributed by atoms with Gasteiger partial charge in [0.05, 0.1) is 11.4 Å². The Morgan fingerprint density at radius 1 is 0.821 bits per heavy atom. The summed E-state index contributed by atoms with van der Waals surface area (Å²) in [7, 11) is 0. The van der Waals surface area contributed by atoms with Crippen molar-refractivity contribution in [1.82, 2.24) is 20.4 Å². The molecule has 0 saturated heterocycles. The minimum Gasteiger partial charge on any atom is -0.309 e. The molecule has 2 aromatic rings. The molecular formula is C20H26N6O2. The molecule has 28 heavy (non-hydrogen) atoms. The van der Waals surface area contributed by atoms with Gasteiger partial charge in [-0.25, -0.2) is 0 Å². The zero-order valence-electron chi connectivity index (χ0n) is 16.3. The maximum atomic E-state index is 11.5. The Labute approximate surface area is 164 Å². The number of rotatable bonds is 6. The van der Waals surface area contributed by atoms with Gasteiger partial charge >= 0.3 is 0 Å². The van der Waals surface area contributed by atoms with Crippen LogP contribution in [0.2, 0.25) is 0 Å². The average Bonchev–Trinajstić information content (AvgIpc) is 2.74.